The van der Waals surface area contributed by atoms with E-state index in [1.54, 1.807) is 0 Å². The number of nitrogens with two attached hydrogens (primary N) is 1. The normalized spacial score (nSPS) is 18.4. The van der Waals surface area contributed by atoms with E-state index in [0.717, 1.165) is 24.1 Å². The molecule has 0 radical (unpaired) electrons. The molecule has 0 fully saturated rings. The quantitative estimate of drug-likeness (QED) is 0.757. The first-order valence-corrected chi connectivity index (χ1v) is 6.73. The molecule has 0 bridgehead atoms. The van der Waals surface area contributed by atoms with Crippen LogP contribution in [0.15, 0.2) is 30.5 Å². The number of H-pyrrole nitrogens is 1. The molecule has 3 heteroatoms. The molecule has 1 heterocycles. The Kier molecular flexibility index (Phi) is 2.99. The highest BCUT2D eigenvalue weighted by atomic mass is 14.7. The number of benzene rings is 1. The van der Waals surface area contributed by atoms with Crippen molar-refractivity contribution in [1.29, 1.82) is 5.41 Å². The largest absolute Gasteiger partial charge is 0.364 e. The predicted molar refractivity (Wildman–Crippen MR) is 77.8 cm³/mol. The van der Waals surface area contributed by atoms with E-state index >= 15 is 0 Å². The second-order valence-corrected chi connectivity index (χ2v) is 5.31. The number of aromatic nitrogens is 1. The van der Waals surface area contributed by atoms with Crippen LogP contribution in [0, 0.1) is 12.3 Å². The van der Waals surface area contributed by atoms with Gasteiger partial charge in [0.05, 0.1) is 0 Å². The molecule has 2 aromatic rings. The van der Waals surface area contributed by atoms with Crippen LogP contribution in [0.4, 0.5) is 0 Å². The van der Waals surface area contributed by atoms with Crippen molar-refractivity contribution in [2.45, 2.75) is 32.2 Å². The molecule has 0 saturated heterocycles. The fraction of sp³-hybridized carbons (Fsp3) is 0.312. The third-order valence-corrected chi connectivity index (χ3v) is 4.08. The molecule has 1 unspecified atom stereocenters. The number of rotatable bonds is 2. The first-order valence-electron chi connectivity index (χ1n) is 6.73. The SMILES string of the molecule is Cc1c[nH]c2c1C(=N)CC(c1ccccc1CN)C2. The summed E-state index contributed by atoms with van der Waals surface area (Å²) in [6.07, 6.45) is 3.79. The first kappa shape index (κ1) is 12.2. The zero-order valence-electron chi connectivity index (χ0n) is 11.2. The van der Waals surface area contributed by atoms with Crippen molar-refractivity contribution in [2.24, 2.45) is 5.73 Å². The molecule has 0 aliphatic heterocycles. The molecule has 19 heavy (non-hydrogen) atoms. The maximum Gasteiger partial charge on any atom is 0.0413 e. The van der Waals surface area contributed by atoms with Gasteiger partial charge in [0.15, 0.2) is 0 Å². The van der Waals surface area contributed by atoms with E-state index < -0.39 is 0 Å². The highest BCUT2D eigenvalue weighted by Crippen LogP contribution is 2.34. The van der Waals surface area contributed by atoms with Gasteiger partial charge in [-0.15, -0.1) is 0 Å². The molecule has 0 saturated carbocycles. The fourth-order valence-electron chi connectivity index (χ4n) is 3.16. The predicted octanol–water partition coefficient (Wildman–Crippen LogP) is 2.88. The molecule has 1 aliphatic rings. The summed E-state index contributed by atoms with van der Waals surface area (Å²) >= 11 is 0. The van der Waals surface area contributed by atoms with E-state index in [1.807, 2.05) is 12.3 Å². The second-order valence-electron chi connectivity index (χ2n) is 5.31. The molecule has 0 amide bonds. The summed E-state index contributed by atoms with van der Waals surface area (Å²) in [5.41, 5.74) is 12.6. The lowest BCUT2D eigenvalue weighted by molar-refractivity contribution is 0.674. The summed E-state index contributed by atoms with van der Waals surface area (Å²) in [6.45, 7) is 2.63. The third-order valence-electron chi connectivity index (χ3n) is 4.08. The van der Waals surface area contributed by atoms with Crippen LogP contribution in [0.25, 0.3) is 0 Å². The summed E-state index contributed by atoms with van der Waals surface area (Å²) in [7, 11) is 0. The molecule has 1 aromatic carbocycles. The standard InChI is InChI=1S/C16H19N3/c1-10-9-19-15-7-12(6-14(18)16(10)15)13-5-3-2-4-11(13)8-17/h2-5,9,12,18-19H,6-8,17H2,1H3. The Labute approximate surface area is 113 Å². The van der Waals surface area contributed by atoms with E-state index in [2.05, 4.69) is 30.1 Å². The Morgan fingerprint density at radius 1 is 1.32 bits per heavy atom. The van der Waals surface area contributed by atoms with Crippen LogP contribution in [-0.2, 0) is 13.0 Å². The van der Waals surface area contributed by atoms with Gasteiger partial charge in [-0.1, -0.05) is 24.3 Å². The maximum atomic E-state index is 8.28. The van der Waals surface area contributed by atoms with Gasteiger partial charge < -0.3 is 16.1 Å². The van der Waals surface area contributed by atoms with Crippen LogP contribution < -0.4 is 5.73 Å². The van der Waals surface area contributed by atoms with Crippen molar-refractivity contribution in [1.82, 2.24) is 4.98 Å². The minimum atomic E-state index is 0.373. The van der Waals surface area contributed by atoms with E-state index in [4.69, 9.17) is 11.1 Å². The zero-order chi connectivity index (χ0) is 13.4. The van der Waals surface area contributed by atoms with Gasteiger partial charge in [0.2, 0.25) is 0 Å². The average Bonchev–Trinajstić information content (AvgIpc) is 2.80. The smallest absolute Gasteiger partial charge is 0.0413 e. The molecule has 4 N–H and O–H groups in total. The molecule has 3 rings (SSSR count). The van der Waals surface area contributed by atoms with Gasteiger partial charge in [-0.05, 0) is 42.4 Å². The van der Waals surface area contributed by atoms with Crippen molar-refractivity contribution in [3.8, 4) is 0 Å². The topological polar surface area (TPSA) is 65.7 Å². The average molecular weight is 253 g/mol. The molecule has 0 spiro atoms. The van der Waals surface area contributed by atoms with Gasteiger partial charge in [0.25, 0.3) is 0 Å². The molecule has 3 nitrogen and oxygen atoms in total. The number of aryl methyl sites for hydroxylation is 1. The van der Waals surface area contributed by atoms with Gasteiger partial charge in [0.1, 0.15) is 0 Å². The number of aromatic amines is 1. The van der Waals surface area contributed by atoms with Crippen molar-refractivity contribution in [2.75, 3.05) is 0 Å². The summed E-state index contributed by atoms with van der Waals surface area (Å²) in [5, 5.41) is 8.28. The lowest BCUT2D eigenvalue weighted by Crippen LogP contribution is -2.20. The highest BCUT2D eigenvalue weighted by molar-refractivity contribution is 6.02. The van der Waals surface area contributed by atoms with Crippen molar-refractivity contribution in [3.05, 3.63) is 58.4 Å². The van der Waals surface area contributed by atoms with Crippen molar-refractivity contribution < 1.29 is 0 Å². The van der Waals surface area contributed by atoms with Crippen LogP contribution in [-0.4, -0.2) is 10.7 Å². The summed E-state index contributed by atoms with van der Waals surface area (Å²) in [4.78, 5) is 3.32. The van der Waals surface area contributed by atoms with E-state index in [1.165, 1.54) is 22.4 Å². The minimum Gasteiger partial charge on any atom is -0.364 e. The molecule has 1 aliphatic carbocycles. The van der Waals surface area contributed by atoms with Gasteiger partial charge in [-0.25, -0.2) is 0 Å². The van der Waals surface area contributed by atoms with E-state index in [9.17, 15) is 0 Å². The number of nitrogens with one attached hydrogen (secondary N) is 2. The molecule has 1 aromatic heterocycles. The van der Waals surface area contributed by atoms with Gasteiger partial charge in [-0.3, -0.25) is 0 Å². The van der Waals surface area contributed by atoms with Gasteiger partial charge >= 0.3 is 0 Å². The monoisotopic (exact) mass is 253 g/mol. The second kappa shape index (κ2) is 4.67. The Balaban J connectivity index is 1.99. The Bertz CT molecular complexity index is 625. The lowest BCUT2D eigenvalue weighted by atomic mass is 9.79. The summed E-state index contributed by atoms with van der Waals surface area (Å²) in [6, 6.07) is 8.34. The highest BCUT2D eigenvalue weighted by Gasteiger charge is 2.27. The minimum absolute atomic E-state index is 0.373. The van der Waals surface area contributed by atoms with Crippen LogP contribution in [0.1, 0.15) is 40.3 Å². The van der Waals surface area contributed by atoms with Crippen LogP contribution in [0.5, 0.6) is 0 Å². The molecular weight excluding hydrogens is 234 g/mol. The molecule has 98 valence electrons. The van der Waals surface area contributed by atoms with Crippen LogP contribution in [0.2, 0.25) is 0 Å². The Morgan fingerprint density at radius 2 is 2.11 bits per heavy atom. The number of hydrogen-bond acceptors (Lipinski definition) is 2. The fourth-order valence-corrected chi connectivity index (χ4v) is 3.16. The number of hydrogen-bond donors (Lipinski definition) is 3. The Morgan fingerprint density at radius 3 is 2.89 bits per heavy atom. The maximum absolute atomic E-state index is 8.28. The van der Waals surface area contributed by atoms with Crippen LogP contribution >= 0.6 is 0 Å². The molecule has 1 atom stereocenters. The van der Waals surface area contributed by atoms with E-state index in [-0.39, 0.29) is 0 Å². The molecular formula is C16H19N3. The summed E-state index contributed by atoms with van der Waals surface area (Å²) < 4.78 is 0. The third kappa shape index (κ3) is 2.00. The first-order chi connectivity index (χ1) is 9.20. The van der Waals surface area contributed by atoms with Crippen LogP contribution in [0.3, 0.4) is 0 Å². The lowest BCUT2D eigenvalue weighted by Gasteiger charge is -2.25. The number of fused-ring (bicyclic) bond motifs is 1. The Hall–Kier alpha value is -1.87. The van der Waals surface area contributed by atoms with Crippen molar-refractivity contribution >= 4 is 5.71 Å². The van der Waals surface area contributed by atoms with Crippen molar-refractivity contribution in [3.63, 3.8) is 0 Å². The van der Waals surface area contributed by atoms with Gasteiger partial charge in [-0.2, -0.15) is 0 Å². The van der Waals surface area contributed by atoms with Gasteiger partial charge in [0, 0.05) is 29.7 Å². The zero-order valence-corrected chi connectivity index (χ0v) is 11.2. The van der Waals surface area contributed by atoms with E-state index in [0.29, 0.717) is 12.5 Å². The summed E-state index contributed by atoms with van der Waals surface area (Å²) in [5.74, 6) is 0.373.